The Balaban J connectivity index is 1.75. The molecule has 1 heterocycles. The molecule has 1 saturated carbocycles. The van der Waals surface area contributed by atoms with E-state index in [4.69, 9.17) is 0 Å². The number of hydrogen-bond donors (Lipinski definition) is 2. The number of nitrogens with one attached hydrogen (secondary N) is 1. The molecule has 5 nitrogen and oxygen atoms in total. The second kappa shape index (κ2) is 5.95. The van der Waals surface area contributed by atoms with E-state index in [1.54, 1.807) is 12.3 Å². The molecule has 2 aromatic rings. The molecule has 1 aromatic heterocycles. The van der Waals surface area contributed by atoms with Gasteiger partial charge in [0, 0.05) is 18.1 Å². The van der Waals surface area contributed by atoms with Crippen LogP contribution in [0.25, 0.3) is 10.9 Å². The van der Waals surface area contributed by atoms with Crippen molar-refractivity contribution in [3.8, 4) is 0 Å². The summed E-state index contributed by atoms with van der Waals surface area (Å²) in [5.74, 6) is -0.128. The number of benzene rings is 1. The van der Waals surface area contributed by atoms with E-state index in [0.717, 1.165) is 18.2 Å². The number of hydrogen-bond acceptors (Lipinski definition) is 4. The molecule has 0 aliphatic heterocycles. The molecule has 2 N–H and O–H groups in total. The number of aliphatic hydroxyl groups is 1. The van der Waals surface area contributed by atoms with Gasteiger partial charge in [0.05, 0.1) is 16.9 Å². The summed E-state index contributed by atoms with van der Waals surface area (Å²) in [4.78, 5) is 4.27. The smallest absolute Gasteiger partial charge is 0.215 e. The van der Waals surface area contributed by atoms with Crippen LogP contribution < -0.4 is 4.72 Å². The van der Waals surface area contributed by atoms with Crippen LogP contribution >= 0.6 is 0 Å². The summed E-state index contributed by atoms with van der Waals surface area (Å²) in [6, 6.07) is 9.26. The number of fused-ring (bicyclic) bond motifs is 1. The van der Waals surface area contributed by atoms with Crippen molar-refractivity contribution in [3.05, 3.63) is 42.1 Å². The largest absolute Gasteiger partial charge is 0.389 e. The van der Waals surface area contributed by atoms with Crippen molar-refractivity contribution in [2.24, 2.45) is 0 Å². The highest BCUT2D eigenvalue weighted by molar-refractivity contribution is 7.88. The number of pyridine rings is 1. The van der Waals surface area contributed by atoms with Crippen molar-refractivity contribution in [2.45, 2.75) is 37.0 Å². The number of nitrogens with zero attached hydrogens (tertiary/aromatic N) is 1. The van der Waals surface area contributed by atoms with Gasteiger partial charge in [-0.15, -0.1) is 0 Å². The Morgan fingerprint density at radius 3 is 2.68 bits per heavy atom. The lowest BCUT2D eigenvalue weighted by Gasteiger charge is -2.22. The summed E-state index contributed by atoms with van der Waals surface area (Å²) in [6.07, 6.45) is 4.88. The van der Waals surface area contributed by atoms with Crippen molar-refractivity contribution in [1.29, 1.82) is 0 Å². The zero-order valence-electron chi connectivity index (χ0n) is 12.3. The molecular weight excluding hydrogens is 300 g/mol. The normalized spacial score (nSPS) is 17.9. The van der Waals surface area contributed by atoms with E-state index in [-0.39, 0.29) is 12.3 Å². The molecule has 1 aromatic carbocycles. The molecule has 3 rings (SSSR count). The molecule has 1 aliphatic rings. The predicted molar refractivity (Wildman–Crippen MR) is 85.8 cm³/mol. The third-order valence-electron chi connectivity index (χ3n) is 4.22. The summed E-state index contributed by atoms with van der Waals surface area (Å²) in [5.41, 5.74) is 0.489. The summed E-state index contributed by atoms with van der Waals surface area (Å²) >= 11 is 0. The van der Waals surface area contributed by atoms with E-state index in [0.29, 0.717) is 23.9 Å². The van der Waals surface area contributed by atoms with E-state index in [9.17, 15) is 13.5 Å². The molecule has 0 saturated heterocycles. The standard InChI is InChI=1S/C16H20N2O3S/c19-16(8-1-2-9-16)12-18-22(20,21)11-14-6-3-5-13-7-4-10-17-15(13)14/h3-7,10,18-19H,1-2,8-9,11-12H2. The molecule has 1 fully saturated rings. The maximum absolute atomic E-state index is 12.3. The fourth-order valence-corrected chi connectivity index (χ4v) is 4.23. The van der Waals surface area contributed by atoms with E-state index in [1.807, 2.05) is 24.3 Å². The van der Waals surface area contributed by atoms with Gasteiger partial charge >= 0.3 is 0 Å². The van der Waals surface area contributed by atoms with Gasteiger partial charge < -0.3 is 5.11 Å². The van der Waals surface area contributed by atoms with Gasteiger partial charge in [0.1, 0.15) is 0 Å². The van der Waals surface area contributed by atoms with Gasteiger partial charge in [0.15, 0.2) is 0 Å². The Morgan fingerprint density at radius 2 is 1.91 bits per heavy atom. The lowest BCUT2D eigenvalue weighted by atomic mass is 10.0. The monoisotopic (exact) mass is 320 g/mol. The highest BCUT2D eigenvalue weighted by Gasteiger charge is 2.32. The highest BCUT2D eigenvalue weighted by Crippen LogP contribution is 2.29. The van der Waals surface area contributed by atoms with Crippen LogP contribution in [0.5, 0.6) is 0 Å². The van der Waals surface area contributed by atoms with Gasteiger partial charge in [-0.2, -0.15) is 0 Å². The second-order valence-electron chi connectivity index (χ2n) is 6.00. The zero-order valence-corrected chi connectivity index (χ0v) is 13.1. The van der Waals surface area contributed by atoms with Crippen LogP contribution in [-0.4, -0.2) is 30.7 Å². The fourth-order valence-electron chi connectivity index (χ4n) is 2.99. The lowest BCUT2D eigenvalue weighted by Crippen LogP contribution is -2.41. The summed E-state index contributed by atoms with van der Waals surface area (Å²) in [6.45, 7) is 0.0908. The van der Waals surface area contributed by atoms with Crippen molar-refractivity contribution >= 4 is 20.9 Å². The molecule has 118 valence electrons. The fraction of sp³-hybridized carbons (Fsp3) is 0.438. The maximum atomic E-state index is 12.3. The molecule has 6 heteroatoms. The zero-order chi connectivity index (χ0) is 15.6. The molecule has 0 radical (unpaired) electrons. The molecular formula is C16H20N2O3S. The quantitative estimate of drug-likeness (QED) is 0.882. The Labute approximate surface area is 130 Å². The summed E-state index contributed by atoms with van der Waals surface area (Å²) in [5, 5.41) is 11.2. The topological polar surface area (TPSA) is 79.3 Å². The Morgan fingerprint density at radius 1 is 1.18 bits per heavy atom. The Hall–Kier alpha value is -1.50. The van der Waals surface area contributed by atoms with Crippen molar-refractivity contribution < 1.29 is 13.5 Å². The van der Waals surface area contributed by atoms with E-state index in [1.165, 1.54) is 0 Å². The van der Waals surface area contributed by atoms with Crippen LogP contribution in [0, 0.1) is 0 Å². The third kappa shape index (κ3) is 3.45. The first-order valence-electron chi connectivity index (χ1n) is 7.50. The Bertz CT molecular complexity index is 763. The molecule has 0 atom stereocenters. The first kappa shape index (κ1) is 15.4. The van der Waals surface area contributed by atoms with Gasteiger partial charge in [0.2, 0.25) is 10.0 Å². The van der Waals surface area contributed by atoms with Gasteiger partial charge in [-0.1, -0.05) is 37.1 Å². The van der Waals surface area contributed by atoms with Crippen LogP contribution in [0.3, 0.4) is 0 Å². The van der Waals surface area contributed by atoms with E-state index >= 15 is 0 Å². The van der Waals surface area contributed by atoms with Crippen LogP contribution in [0.2, 0.25) is 0 Å². The SMILES string of the molecule is O=S(=O)(Cc1cccc2cccnc12)NCC1(O)CCCC1. The number of rotatable bonds is 5. The van der Waals surface area contributed by atoms with Gasteiger partial charge in [-0.3, -0.25) is 4.98 Å². The average molecular weight is 320 g/mol. The number of aromatic nitrogens is 1. The molecule has 0 spiro atoms. The first-order valence-corrected chi connectivity index (χ1v) is 9.15. The van der Waals surface area contributed by atoms with Crippen LogP contribution in [0.15, 0.2) is 36.5 Å². The van der Waals surface area contributed by atoms with Crippen molar-refractivity contribution in [1.82, 2.24) is 9.71 Å². The summed E-state index contributed by atoms with van der Waals surface area (Å²) in [7, 11) is -3.50. The van der Waals surface area contributed by atoms with E-state index < -0.39 is 15.6 Å². The average Bonchev–Trinajstić information content (AvgIpc) is 2.93. The van der Waals surface area contributed by atoms with Crippen LogP contribution in [0.4, 0.5) is 0 Å². The lowest BCUT2D eigenvalue weighted by molar-refractivity contribution is 0.0531. The summed E-state index contributed by atoms with van der Waals surface area (Å²) < 4.78 is 27.1. The van der Waals surface area contributed by atoms with Gasteiger partial charge in [0.25, 0.3) is 0 Å². The minimum absolute atomic E-state index is 0.0908. The minimum Gasteiger partial charge on any atom is -0.389 e. The van der Waals surface area contributed by atoms with Gasteiger partial charge in [-0.25, -0.2) is 13.1 Å². The van der Waals surface area contributed by atoms with Crippen molar-refractivity contribution in [2.75, 3.05) is 6.54 Å². The molecule has 1 aliphatic carbocycles. The maximum Gasteiger partial charge on any atom is 0.215 e. The number of sulfonamides is 1. The highest BCUT2D eigenvalue weighted by atomic mass is 32.2. The predicted octanol–water partition coefficient (Wildman–Crippen LogP) is 1.96. The first-order chi connectivity index (χ1) is 10.5. The van der Waals surface area contributed by atoms with Gasteiger partial charge in [-0.05, 0) is 24.5 Å². The molecule has 0 amide bonds. The third-order valence-corrected chi connectivity index (χ3v) is 5.49. The van der Waals surface area contributed by atoms with Crippen molar-refractivity contribution in [3.63, 3.8) is 0 Å². The molecule has 22 heavy (non-hydrogen) atoms. The number of para-hydroxylation sites is 1. The second-order valence-corrected chi connectivity index (χ2v) is 7.81. The van der Waals surface area contributed by atoms with Crippen LogP contribution in [-0.2, 0) is 15.8 Å². The molecule has 0 unspecified atom stereocenters. The van der Waals surface area contributed by atoms with E-state index in [2.05, 4.69) is 9.71 Å². The Kier molecular flexibility index (Phi) is 4.16. The minimum atomic E-state index is -3.50. The van der Waals surface area contributed by atoms with Crippen LogP contribution in [0.1, 0.15) is 31.2 Å². The molecule has 0 bridgehead atoms.